The van der Waals surface area contributed by atoms with Gasteiger partial charge in [0, 0.05) is 0 Å². The van der Waals surface area contributed by atoms with E-state index in [1.54, 1.807) is 6.92 Å². The maximum atomic E-state index is 12.2. The van der Waals surface area contributed by atoms with E-state index >= 15 is 0 Å². The molecule has 0 amide bonds. The lowest BCUT2D eigenvalue weighted by atomic mass is 10.1. The Morgan fingerprint density at radius 1 is 1.40 bits per heavy atom. The van der Waals surface area contributed by atoms with Crippen LogP contribution in [0.1, 0.15) is 21.7 Å². The molecule has 0 aliphatic heterocycles. The van der Waals surface area contributed by atoms with Crippen LogP contribution in [-0.2, 0) is 22.6 Å². The number of aromatic nitrogens is 4. The van der Waals surface area contributed by atoms with Crippen molar-refractivity contribution in [3.8, 4) is 0 Å². The van der Waals surface area contributed by atoms with Crippen molar-refractivity contribution < 1.29 is 18.3 Å². The zero-order valence-electron chi connectivity index (χ0n) is 10.8. The number of carboxylic acid groups (broad SMARTS) is 1. The highest BCUT2D eigenvalue weighted by Gasteiger charge is 2.20. The quantitative estimate of drug-likeness (QED) is 0.856. The first-order chi connectivity index (χ1) is 9.29. The largest absolute Gasteiger partial charge is 0.478 e. The Hall–Kier alpha value is -2.29. The molecule has 0 atom stereocenters. The Morgan fingerprint density at radius 3 is 2.65 bits per heavy atom. The van der Waals surface area contributed by atoms with E-state index in [-0.39, 0.29) is 16.3 Å². The van der Waals surface area contributed by atoms with E-state index in [4.69, 9.17) is 5.11 Å². The molecule has 9 heteroatoms. The highest BCUT2D eigenvalue weighted by Crippen LogP contribution is 2.18. The van der Waals surface area contributed by atoms with Gasteiger partial charge in [-0.25, -0.2) is 13.2 Å². The Kier molecular flexibility index (Phi) is 3.53. The molecule has 8 nitrogen and oxygen atoms in total. The molecule has 0 aliphatic rings. The number of tetrazole rings is 1. The Labute approximate surface area is 115 Å². The van der Waals surface area contributed by atoms with E-state index in [1.165, 1.54) is 19.2 Å². The number of sulfone groups is 1. The van der Waals surface area contributed by atoms with Crippen LogP contribution in [-0.4, -0.2) is 39.7 Å². The Bertz CT molecular complexity index is 766. The van der Waals surface area contributed by atoms with Crippen LogP contribution in [0.4, 0.5) is 0 Å². The highest BCUT2D eigenvalue weighted by atomic mass is 32.2. The topological polar surface area (TPSA) is 115 Å². The molecule has 1 heterocycles. The number of hydrogen-bond acceptors (Lipinski definition) is 6. The molecule has 106 valence electrons. The fourth-order valence-corrected chi connectivity index (χ4v) is 2.85. The van der Waals surface area contributed by atoms with Crippen LogP contribution < -0.4 is 0 Å². The molecular weight excluding hydrogens is 284 g/mol. The summed E-state index contributed by atoms with van der Waals surface area (Å²) in [5.41, 5.74) is 0.451. The molecule has 2 aromatic rings. The summed E-state index contributed by atoms with van der Waals surface area (Å²) in [4.78, 5) is 12.1. The molecule has 0 saturated carbocycles. The minimum atomic E-state index is -3.71. The molecule has 0 saturated heterocycles. The minimum absolute atomic E-state index is 0.0434. The molecule has 0 aliphatic carbocycles. The van der Waals surface area contributed by atoms with Gasteiger partial charge in [-0.05, 0) is 29.8 Å². The molecule has 1 aromatic heterocycles. The Morgan fingerprint density at radius 2 is 2.10 bits per heavy atom. The number of carbonyl (C=O) groups is 1. The molecule has 0 unspecified atom stereocenters. The van der Waals surface area contributed by atoms with Crippen molar-refractivity contribution in [2.45, 2.75) is 17.6 Å². The van der Waals surface area contributed by atoms with Gasteiger partial charge in [-0.1, -0.05) is 6.07 Å². The lowest BCUT2D eigenvalue weighted by Crippen LogP contribution is -2.09. The van der Waals surface area contributed by atoms with Crippen LogP contribution in [0.3, 0.4) is 0 Å². The van der Waals surface area contributed by atoms with Crippen LogP contribution in [0.15, 0.2) is 23.1 Å². The molecule has 20 heavy (non-hydrogen) atoms. The Balaban J connectivity index is 2.39. The number of benzene rings is 1. The van der Waals surface area contributed by atoms with Crippen LogP contribution in [0.2, 0.25) is 0 Å². The maximum Gasteiger partial charge on any atom is 0.335 e. The van der Waals surface area contributed by atoms with Crippen molar-refractivity contribution in [2.75, 3.05) is 0 Å². The smallest absolute Gasteiger partial charge is 0.335 e. The second-order valence-electron chi connectivity index (χ2n) is 4.24. The van der Waals surface area contributed by atoms with Crippen LogP contribution in [0, 0.1) is 6.92 Å². The average Bonchev–Trinajstić information content (AvgIpc) is 2.73. The van der Waals surface area contributed by atoms with Gasteiger partial charge in [-0.15, -0.1) is 10.2 Å². The first-order valence-electron chi connectivity index (χ1n) is 5.59. The maximum absolute atomic E-state index is 12.2. The van der Waals surface area contributed by atoms with E-state index in [0.29, 0.717) is 5.56 Å². The second kappa shape index (κ2) is 5.00. The number of rotatable bonds is 4. The van der Waals surface area contributed by atoms with Crippen LogP contribution in [0.5, 0.6) is 0 Å². The third-order valence-electron chi connectivity index (χ3n) is 2.67. The fourth-order valence-electron chi connectivity index (χ4n) is 1.66. The summed E-state index contributed by atoms with van der Waals surface area (Å²) >= 11 is 0. The number of aromatic carboxylic acids is 1. The molecular formula is C11H12N4O4S. The molecule has 0 bridgehead atoms. The summed E-state index contributed by atoms with van der Waals surface area (Å²) < 4.78 is 24.4. The minimum Gasteiger partial charge on any atom is -0.478 e. The SMILES string of the molecule is Cc1ccc(S(=O)(=O)Cc2nnn(C)n2)cc1C(=O)O. The predicted octanol–water partition coefficient (Wildman–Crippen LogP) is 0.191. The fraction of sp³-hybridized carbons (Fsp3) is 0.273. The van der Waals surface area contributed by atoms with Gasteiger partial charge in [-0.3, -0.25) is 0 Å². The number of aryl methyl sites for hydroxylation is 2. The molecule has 1 aromatic carbocycles. The third-order valence-corrected chi connectivity index (χ3v) is 4.28. The monoisotopic (exact) mass is 296 g/mol. The van der Waals surface area contributed by atoms with Gasteiger partial charge >= 0.3 is 5.97 Å². The van der Waals surface area contributed by atoms with E-state index in [9.17, 15) is 13.2 Å². The lowest BCUT2D eigenvalue weighted by Gasteiger charge is -2.05. The first-order valence-corrected chi connectivity index (χ1v) is 7.24. The normalized spacial score (nSPS) is 11.5. The van der Waals surface area contributed by atoms with E-state index in [1.807, 2.05) is 0 Å². The van der Waals surface area contributed by atoms with Crippen molar-refractivity contribution >= 4 is 15.8 Å². The van der Waals surface area contributed by atoms with Crippen molar-refractivity contribution in [3.63, 3.8) is 0 Å². The summed E-state index contributed by atoms with van der Waals surface area (Å²) in [6.45, 7) is 1.60. The summed E-state index contributed by atoms with van der Waals surface area (Å²) in [6, 6.07) is 3.97. The zero-order chi connectivity index (χ0) is 14.9. The molecule has 1 N–H and O–H groups in total. The van der Waals surface area contributed by atoms with E-state index < -0.39 is 21.6 Å². The first kappa shape index (κ1) is 14.1. The van der Waals surface area contributed by atoms with Crippen LogP contribution in [0.25, 0.3) is 0 Å². The molecule has 2 rings (SSSR count). The van der Waals surface area contributed by atoms with Gasteiger partial charge in [0.25, 0.3) is 0 Å². The summed E-state index contributed by atoms with van der Waals surface area (Å²) in [5, 5.41) is 20.0. The number of carboxylic acids is 1. The van der Waals surface area contributed by atoms with Gasteiger partial charge in [0.2, 0.25) is 0 Å². The summed E-state index contributed by atoms with van der Waals surface area (Å²) in [5.74, 6) is -1.54. The van der Waals surface area contributed by atoms with E-state index in [2.05, 4.69) is 15.4 Å². The van der Waals surface area contributed by atoms with Crippen molar-refractivity contribution in [3.05, 3.63) is 35.2 Å². The van der Waals surface area contributed by atoms with Gasteiger partial charge in [0.05, 0.1) is 17.5 Å². The van der Waals surface area contributed by atoms with Gasteiger partial charge in [0.1, 0.15) is 5.75 Å². The van der Waals surface area contributed by atoms with Crippen molar-refractivity contribution in [1.82, 2.24) is 20.2 Å². The zero-order valence-corrected chi connectivity index (χ0v) is 11.6. The number of hydrogen-bond donors (Lipinski definition) is 1. The van der Waals surface area contributed by atoms with E-state index in [0.717, 1.165) is 10.9 Å². The number of nitrogens with zero attached hydrogens (tertiary/aromatic N) is 4. The highest BCUT2D eigenvalue weighted by molar-refractivity contribution is 7.90. The van der Waals surface area contributed by atoms with Crippen molar-refractivity contribution in [2.24, 2.45) is 7.05 Å². The van der Waals surface area contributed by atoms with Crippen molar-refractivity contribution in [1.29, 1.82) is 0 Å². The lowest BCUT2D eigenvalue weighted by molar-refractivity contribution is 0.0696. The van der Waals surface area contributed by atoms with Gasteiger partial charge in [-0.2, -0.15) is 4.80 Å². The average molecular weight is 296 g/mol. The van der Waals surface area contributed by atoms with Gasteiger partial charge in [0.15, 0.2) is 15.7 Å². The summed E-state index contributed by atoms with van der Waals surface area (Å²) in [6.07, 6.45) is 0. The molecule has 0 radical (unpaired) electrons. The second-order valence-corrected chi connectivity index (χ2v) is 6.23. The molecule has 0 fully saturated rings. The third kappa shape index (κ3) is 2.82. The summed E-state index contributed by atoms with van der Waals surface area (Å²) in [7, 11) is -2.19. The van der Waals surface area contributed by atoms with Gasteiger partial charge < -0.3 is 5.11 Å². The predicted molar refractivity (Wildman–Crippen MR) is 67.8 cm³/mol. The standard InChI is InChI=1S/C11H12N4O4S/c1-7-3-4-8(5-9(7)11(16)17)20(18,19)6-10-12-14-15(2)13-10/h3-5H,6H2,1-2H3,(H,16,17). The molecule has 0 spiro atoms. The van der Waals surface area contributed by atoms with Crippen LogP contribution >= 0.6 is 0 Å².